The molecule has 16 heavy (non-hydrogen) atoms. The van der Waals surface area contributed by atoms with Crippen LogP contribution in [0.3, 0.4) is 0 Å². The maximum absolute atomic E-state index is 5.81. The molecule has 0 aromatic heterocycles. The maximum Gasteiger partial charge on any atom is 0.122 e. The standard InChI is InChI=1S/C13H17NO2/c14-16-9-13(5-6-13)11-7-10-3-1-2-4-12(10)15-8-11/h1-4,11H,5-9,14H2. The summed E-state index contributed by atoms with van der Waals surface area (Å²) in [4.78, 5) is 4.85. The van der Waals surface area contributed by atoms with Crippen molar-refractivity contribution in [3.8, 4) is 5.75 Å². The predicted octanol–water partition coefficient (Wildman–Crippen LogP) is 1.91. The number of ether oxygens (including phenoxy) is 1. The number of benzene rings is 1. The summed E-state index contributed by atoms with van der Waals surface area (Å²) in [5.41, 5.74) is 1.62. The number of hydrogen-bond acceptors (Lipinski definition) is 3. The molecule has 1 aromatic carbocycles. The zero-order valence-corrected chi connectivity index (χ0v) is 9.32. The van der Waals surface area contributed by atoms with Gasteiger partial charge >= 0.3 is 0 Å². The van der Waals surface area contributed by atoms with E-state index in [0.29, 0.717) is 17.9 Å². The molecule has 2 N–H and O–H groups in total. The van der Waals surface area contributed by atoms with Gasteiger partial charge in [0.2, 0.25) is 0 Å². The van der Waals surface area contributed by atoms with Crippen molar-refractivity contribution in [1.82, 2.24) is 0 Å². The van der Waals surface area contributed by atoms with Crippen molar-refractivity contribution >= 4 is 0 Å². The first-order valence-electron chi connectivity index (χ1n) is 5.86. The van der Waals surface area contributed by atoms with E-state index in [9.17, 15) is 0 Å². The Morgan fingerprint density at radius 3 is 2.94 bits per heavy atom. The minimum absolute atomic E-state index is 0.294. The largest absolute Gasteiger partial charge is 0.493 e. The minimum atomic E-state index is 0.294. The lowest BCUT2D eigenvalue weighted by Gasteiger charge is -2.31. The van der Waals surface area contributed by atoms with Gasteiger partial charge in [0.15, 0.2) is 0 Å². The Labute approximate surface area is 95.5 Å². The van der Waals surface area contributed by atoms with E-state index < -0.39 is 0 Å². The van der Waals surface area contributed by atoms with Crippen LogP contribution in [0.4, 0.5) is 0 Å². The van der Waals surface area contributed by atoms with Gasteiger partial charge in [-0.3, -0.25) is 0 Å². The van der Waals surface area contributed by atoms with Crippen LogP contribution in [0, 0.1) is 11.3 Å². The Kier molecular flexibility index (Phi) is 2.37. The van der Waals surface area contributed by atoms with Gasteiger partial charge in [-0.25, -0.2) is 5.90 Å². The van der Waals surface area contributed by atoms with Gasteiger partial charge in [-0.05, 0) is 30.9 Å². The molecule has 1 saturated carbocycles. The highest BCUT2D eigenvalue weighted by atomic mass is 16.6. The van der Waals surface area contributed by atoms with Gasteiger partial charge in [0.1, 0.15) is 5.75 Å². The van der Waals surface area contributed by atoms with E-state index in [1.165, 1.54) is 18.4 Å². The van der Waals surface area contributed by atoms with E-state index >= 15 is 0 Å². The second kappa shape index (κ2) is 3.75. The number of nitrogens with two attached hydrogens (primary N) is 1. The summed E-state index contributed by atoms with van der Waals surface area (Å²) in [5.74, 6) is 6.82. The topological polar surface area (TPSA) is 44.5 Å². The molecule has 3 rings (SSSR count). The quantitative estimate of drug-likeness (QED) is 0.790. The number of para-hydroxylation sites is 1. The molecule has 3 heteroatoms. The number of fused-ring (bicyclic) bond motifs is 1. The van der Waals surface area contributed by atoms with Crippen molar-refractivity contribution in [3.05, 3.63) is 29.8 Å². The van der Waals surface area contributed by atoms with Gasteiger partial charge in [0, 0.05) is 11.3 Å². The lowest BCUT2D eigenvalue weighted by Crippen LogP contribution is -2.32. The summed E-state index contributed by atoms with van der Waals surface area (Å²) in [6, 6.07) is 8.30. The Morgan fingerprint density at radius 2 is 2.19 bits per heavy atom. The third-order valence-corrected chi connectivity index (χ3v) is 4.01. The monoisotopic (exact) mass is 219 g/mol. The summed E-state index contributed by atoms with van der Waals surface area (Å²) >= 11 is 0. The fraction of sp³-hybridized carbons (Fsp3) is 0.538. The smallest absolute Gasteiger partial charge is 0.122 e. The molecular formula is C13H17NO2. The lowest BCUT2D eigenvalue weighted by atomic mass is 9.83. The predicted molar refractivity (Wildman–Crippen MR) is 60.9 cm³/mol. The normalized spacial score (nSPS) is 25.7. The SMILES string of the molecule is NOCC1(C2COc3ccccc3C2)CC1. The van der Waals surface area contributed by atoms with E-state index in [1.54, 1.807) is 0 Å². The van der Waals surface area contributed by atoms with Crippen LogP contribution in [0.5, 0.6) is 5.75 Å². The zero-order chi connectivity index (χ0) is 11.0. The highest BCUT2D eigenvalue weighted by Gasteiger charge is 2.50. The molecule has 1 heterocycles. The van der Waals surface area contributed by atoms with Crippen molar-refractivity contribution in [3.63, 3.8) is 0 Å². The molecule has 0 bridgehead atoms. The first-order valence-corrected chi connectivity index (χ1v) is 5.86. The molecule has 1 aliphatic carbocycles. The Hall–Kier alpha value is -1.06. The van der Waals surface area contributed by atoms with Crippen LogP contribution in [-0.4, -0.2) is 13.2 Å². The second-order valence-electron chi connectivity index (χ2n) is 4.99. The molecule has 0 amide bonds. The summed E-state index contributed by atoms with van der Waals surface area (Å²) < 4.78 is 5.81. The zero-order valence-electron chi connectivity index (χ0n) is 9.32. The van der Waals surface area contributed by atoms with E-state index in [-0.39, 0.29) is 0 Å². The molecule has 0 spiro atoms. The summed E-state index contributed by atoms with van der Waals surface area (Å²) in [7, 11) is 0. The molecular weight excluding hydrogens is 202 g/mol. The van der Waals surface area contributed by atoms with Crippen LogP contribution in [0.2, 0.25) is 0 Å². The van der Waals surface area contributed by atoms with E-state index in [2.05, 4.69) is 12.1 Å². The molecule has 86 valence electrons. The minimum Gasteiger partial charge on any atom is -0.493 e. The van der Waals surface area contributed by atoms with Crippen molar-refractivity contribution in [2.45, 2.75) is 19.3 Å². The molecule has 1 atom stereocenters. The van der Waals surface area contributed by atoms with E-state index in [1.807, 2.05) is 12.1 Å². The van der Waals surface area contributed by atoms with E-state index in [0.717, 1.165) is 18.8 Å². The van der Waals surface area contributed by atoms with Gasteiger partial charge in [0.25, 0.3) is 0 Å². The Morgan fingerprint density at radius 1 is 1.38 bits per heavy atom. The number of rotatable bonds is 3. The van der Waals surface area contributed by atoms with Crippen LogP contribution in [0.15, 0.2) is 24.3 Å². The van der Waals surface area contributed by atoms with Crippen molar-refractivity contribution in [2.24, 2.45) is 17.2 Å². The van der Waals surface area contributed by atoms with Gasteiger partial charge in [-0.1, -0.05) is 18.2 Å². The lowest BCUT2D eigenvalue weighted by molar-refractivity contribution is 0.0438. The average Bonchev–Trinajstić information content (AvgIpc) is 3.10. The first kappa shape index (κ1) is 10.1. The molecule has 1 unspecified atom stereocenters. The Balaban J connectivity index is 1.78. The van der Waals surface area contributed by atoms with Gasteiger partial charge in [-0.2, -0.15) is 0 Å². The van der Waals surface area contributed by atoms with Crippen LogP contribution in [0.1, 0.15) is 18.4 Å². The van der Waals surface area contributed by atoms with Crippen molar-refractivity contribution in [2.75, 3.05) is 13.2 Å². The van der Waals surface area contributed by atoms with Crippen molar-refractivity contribution < 1.29 is 9.57 Å². The highest BCUT2D eigenvalue weighted by Crippen LogP contribution is 2.54. The molecule has 3 nitrogen and oxygen atoms in total. The molecule has 0 radical (unpaired) electrons. The van der Waals surface area contributed by atoms with Gasteiger partial charge in [-0.15, -0.1) is 0 Å². The molecule has 1 aromatic rings. The molecule has 2 aliphatic rings. The maximum atomic E-state index is 5.81. The van der Waals surface area contributed by atoms with Crippen LogP contribution < -0.4 is 10.6 Å². The van der Waals surface area contributed by atoms with Gasteiger partial charge in [0.05, 0.1) is 13.2 Å². The Bertz CT molecular complexity index is 387. The summed E-state index contributed by atoms with van der Waals surface area (Å²) in [6.45, 7) is 1.48. The third-order valence-electron chi connectivity index (χ3n) is 4.01. The third kappa shape index (κ3) is 1.60. The van der Waals surface area contributed by atoms with Gasteiger partial charge < -0.3 is 9.57 Å². The molecule has 1 fully saturated rings. The molecule has 1 aliphatic heterocycles. The van der Waals surface area contributed by atoms with Crippen LogP contribution in [0.25, 0.3) is 0 Å². The number of hydrogen-bond donors (Lipinski definition) is 1. The first-order chi connectivity index (χ1) is 7.84. The molecule has 0 saturated heterocycles. The highest BCUT2D eigenvalue weighted by molar-refractivity contribution is 5.35. The average molecular weight is 219 g/mol. The van der Waals surface area contributed by atoms with E-state index in [4.69, 9.17) is 15.5 Å². The second-order valence-corrected chi connectivity index (χ2v) is 4.99. The van der Waals surface area contributed by atoms with Crippen molar-refractivity contribution in [1.29, 1.82) is 0 Å². The summed E-state index contributed by atoms with van der Waals surface area (Å²) in [5, 5.41) is 0. The fourth-order valence-corrected chi connectivity index (χ4v) is 2.72. The van der Waals surface area contributed by atoms with Crippen LogP contribution in [-0.2, 0) is 11.3 Å². The van der Waals surface area contributed by atoms with Crippen LogP contribution >= 0.6 is 0 Å². The summed E-state index contributed by atoms with van der Waals surface area (Å²) in [6.07, 6.45) is 3.54. The fourth-order valence-electron chi connectivity index (χ4n) is 2.72.